The van der Waals surface area contributed by atoms with Crippen LogP contribution in [0, 0.1) is 50.2 Å². The lowest BCUT2D eigenvalue weighted by Gasteiger charge is -2.71. The number of carboxylic acids is 1. The van der Waals surface area contributed by atoms with Gasteiger partial charge in [-0.05, 0) is 104 Å². The number of aliphatic hydroxyl groups is 2. The van der Waals surface area contributed by atoms with Gasteiger partial charge in [-0.15, -0.1) is 0 Å². The zero-order chi connectivity index (χ0) is 25.1. The first-order chi connectivity index (χ1) is 15.6. The van der Waals surface area contributed by atoms with Crippen LogP contribution in [-0.4, -0.2) is 33.5 Å². The Kier molecular flexibility index (Phi) is 5.20. The Labute approximate surface area is 206 Å². The first-order valence-electron chi connectivity index (χ1n) is 13.9. The molecule has 192 valence electrons. The number of allylic oxidation sites excluding steroid dienone is 2. The molecular weight excluding hydrogens is 424 g/mol. The number of carbonyl (C=O) groups is 1. The molecule has 5 aliphatic rings. The van der Waals surface area contributed by atoms with E-state index in [9.17, 15) is 20.1 Å². The lowest BCUT2D eigenvalue weighted by atomic mass is 9.33. The van der Waals surface area contributed by atoms with Crippen LogP contribution in [0.2, 0.25) is 0 Å². The molecule has 4 nitrogen and oxygen atoms in total. The maximum Gasteiger partial charge on any atom is 0.309 e. The van der Waals surface area contributed by atoms with Gasteiger partial charge < -0.3 is 15.3 Å². The van der Waals surface area contributed by atoms with E-state index in [1.54, 1.807) is 0 Å². The molecule has 1 unspecified atom stereocenters. The fourth-order valence-electron chi connectivity index (χ4n) is 10.6. The second kappa shape index (κ2) is 7.12. The summed E-state index contributed by atoms with van der Waals surface area (Å²) in [4.78, 5) is 12.3. The monoisotopic (exact) mass is 472 g/mol. The number of rotatable bonds is 1. The third-order valence-corrected chi connectivity index (χ3v) is 13.4. The molecule has 0 aromatic carbocycles. The van der Waals surface area contributed by atoms with Gasteiger partial charge in [0.2, 0.25) is 0 Å². The van der Waals surface area contributed by atoms with Gasteiger partial charge in [0.05, 0.1) is 17.6 Å². The molecule has 0 spiro atoms. The molecule has 34 heavy (non-hydrogen) atoms. The summed E-state index contributed by atoms with van der Waals surface area (Å²) >= 11 is 0. The largest absolute Gasteiger partial charge is 0.481 e. The number of hydrogen-bond acceptors (Lipinski definition) is 3. The van der Waals surface area contributed by atoms with Crippen molar-refractivity contribution in [1.29, 1.82) is 0 Å². The van der Waals surface area contributed by atoms with Gasteiger partial charge in [0.1, 0.15) is 0 Å². The van der Waals surface area contributed by atoms with Crippen LogP contribution >= 0.6 is 0 Å². The lowest BCUT2D eigenvalue weighted by molar-refractivity contribution is -0.208. The summed E-state index contributed by atoms with van der Waals surface area (Å²) in [6.45, 7) is 16.2. The summed E-state index contributed by atoms with van der Waals surface area (Å²) in [7, 11) is 0. The Balaban J connectivity index is 1.59. The van der Waals surface area contributed by atoms with E-state index in [1.165, 1.54) is 12.0 Å². The second-order valence-corrected chi connectivity index (χ2v) is 15.0. The molecule has 0 radical (unpaired) electrons. The predicted molar refractivity (Wildman–Crippen MR) is 134 cm³/mol. The Hall–Kier alpha value is -0.870. The zero-order valence-electron chi connectivity index (χ0n) is 22.6. The standard InChI is InChI=1S/C30H48O4/c1-25(2)20-10-13-30(7)21(28(20,5)12-11-22(25)31)9-8-18-19-16-26(3,24(33)34)17-23(32)27(19,4)14-15-29(18,30)6/h8,19-23,31-32H,9-17H2,1-7H3,(H,33,34)/t19-,20?,21-,22+,23-,26-,27-,28+,29-,30-/m1/s1. The highest BCUT2D eigenvalue weighted by molar-refractivity contribution is 5.74. The minimum Gasteiger partial charge on any atom is -0.481 e. The quantitative estimate of drug-likeness (QED) is 0.397. The highest BCUT2D eigenvalue weighted by Gasteiger charge is 2.69. The van der Waals surface area contributed by atoms with E-state index in [0.717, 1.165) is 38.5 Å². The normalized spacial score (nSPS) is 56.3. The van der Waals surface area contributed by atoms with Gasteiger partial charge in [0, 0.05) is 5.41 Å². The van der Waals surface area contributed by atoms with Crippen molar-refractivity contribution in [3.8, 4) is 0 Å². The highest BCUT2D eigenvalue weighted by Crippen LogP contribution is 2.75. The van der Waals surface area contributed by atoms with Crippen molar-refractivity contribution in [1.82, 2.24) is 0 Å². The fraction of sp³-hybridized carbons (Fsp3) is 0.900. The minimum absolute atomic E-state index is 0.0325. The zero-order valence-corrected chi connectivity index (χ0v) is 22.6. The van der Waals surface area contributed by atoms with Gasteiger partial charge in [-0.25, -0.2) is 0 Å². The number of carboxylic acid groups (broad SMARTS) is 1. The number of aliphatic hydroxyl groups excluding tert-OH is 2. The summed E-state index contributed by atoms with van der Waals surface area (Å²) in [5.41, 5.74) is 0.706. The molecule has 0 aromatic heterocycles. The van der Waals surface area contributed by atoms with Crippen LogP contribution in [0.25, 0.3) is 0 Å². The molecule has 10 atom stereocenters. The van der Waals surface area contributed by atoms with Crippen molar-refractivity contribution in [2.24, 2.45) is 50.2 Å². The van der Waals surface area contributed by atoms with Crippen LogP contribution in [0.3, 0.4) is 0 Å². The van der Waals surface area contributed by atoms with Gasteiger partial charge in [-0.1, -0.05) is 53.2 Å². The molecule has 0 aromatic rings. The van der Waals surface area contributed by atoms with Crippen LogP contribution in [0.1, 0.15) is 106 Å². The average molecular weight is 473 g/mol. The van der Waals surface area contributed by atoms with E-state index in [1.807, 2.05) is 6.92 Å². The fourth-order valence-corrected chi connectivity index (χ4v) is 10.6. The smallest absolute Gasteiger partial charge is 0.309 e. The molecule has 3 N–H and O–H groups in total. The van der Waals surface area contributed by atoms with Crippen molar-refractivity contribution < 1.29 is 20.1 Å². The summed E-state index contributed by atoms with van der Waals surface area (Å²) in [6.07, 6.45) is 10.1. The van der Waals surface area contributed by atoms with Gasteiger partial charge in [-0.3, -0.25) is 4.79 Å². The number of hydrogen-bond donors (Lipinski definition) is 3. The van der Waals surface area contributed by atoms with Crippen LogP contribution in [0.5, 0.6) is 0 Å². The van der Waals surface area contributed by atoms with Gasteiger partial charge in [0.25, 0.3) is 0 Å². The van der Waals surface area contributed by atoms with E-state index in [-0.39, 0.29) is 39.1 Å². The minimum atomic E-state index is -0.867. The van der Waals surface area contributed by atoms with Gasteiger partial charge in [0.15, 0.2) is 0 Å². The molecule has 5 aliphatic carbocycles. The highest BCUT2D eigenvalue weighted by atomic mass is 16.4. The van der Waals surface area contributed by atoms with Crippen molar-refractivity contribution in [2.45, 2.75) is 118 Å². The Morgan fingerprint density at radius 1 is 0.824 bits per heavy atom. The SMILES string of the molecule is CC1(C)C2CC[C@]3(C)[C@H](CC=C4[C@H]5C[C@@](C)(C(=O)O)C[C@@H](O)[C@]5(C)CC[C@]43C)[C@@]2(C)CC[C@@H]1O. The van der Waals surface area contributed by atoms with Crippen molar-refractivity contribution in [2.75, 3.05) is 0 Å². The Bertz CT molecular complexity index is 923. The van der Waals surface area contributed by atoms with Crippen molar-refractivity contribution in [3.05, 3.63) is 11.6 Å². The number of fused-ring (bicyclic) bond motifs is 7. The van der Waals surface area contributed by atoms with Crippen molar-refractivity contribution >= 4 is 5.97 Å². The van der Waals surface area contributed by atoms with E-state index in [2.05, 4.69) is 47.6 Å². The first kappa shape index (κ1) is 24.8. The van der Waals surface area contributed by atoms with E-state index >= 15 is 0 Å². The molecule has 4 heteroatoms. The van der Waals surface area contributed by atoms with E-state index < -0.39 is 17.5 Å². The third kappa shape index (κ3) is 2.82. The molecule has 4 saturated carbocycles. The van der Waals surface area contributed by atoms with E-state index in [0.29, 0.717) is 24.7 Å². The molecule has 0 aliphatic heterocycles. The van der Waals surface area contributed by atoms with Crippen molar-refractivity contribution in [3.63, 3.8) is 0 Å². The average Bonchev–Trinajstić information content (AvgIpc) is 2.73. The lowest BCUT2D eigenvalue weighted by Crippen LogP contribution is -2.65. The van der Waals surface area contributed by atoms with Crippen LogP contribution < -0.4 is 0 Å². The first-order valence-corrected chi connectivity index (χ1v) is 13.9. The summed E-state index contributed by atoms with van der Waals surface area (Å²) in [5, 5.41) is 32.2. The molecule has 0 saturated heterocycles. The number of aliphatic carboxylic acids is 1. The van der Waals surface area contributed by atoms with Gasteiger partial charge in [-0.2, -0.15) is 0 Å². The maximum absolute atomic E-state index is 12.3. The topological polar surface area (TPSA) is 77.8 Å². The molecule has 4 fully saturated rings. The molecule has 5 rings (SSSR count). The van der Waals surface area contributed by atoms with E-state index in [4.69, 9.17) is 0 Å². The Morgan fingerprint density at radius 3 is 2.15 bits per heavy atom. The molecule has 0 bridgehead atoms. The van der Waals surface area contributed by atoms with Gasteiger partial charge >= 0.3 is 5.97 Å². The summed E-state index contributed by atoms with van der Waals surface area (Å²) < 4.78 is 0. The predicted octanol–water partition coefficient (Wildman–Crippen LogP) is 6.20. The molecule has 0 heterocycles. The molecular formula is C30H48O4. The summed E-state index contributed by atoms with van der Waals surface area (Å²) in [6, 6.07) is 0. The second-order valence-electron chi connectivity index (χ2n) is 15.0. The van der Waals surface area contributed by atoms with Crippen LogP contribution in [0.4, 0.5) is 0 Å². The summed E-state index contributed by atoms with van der Waals surface area (Å²) in [5.74, 6) is 0.463. The Morgan fingerprint density at radius 2 is 1.50 bits per heavy atom. The third-order valence-electron chi connectivity index (χ3n) is 13.4. The molecule has 0 amide bonds. The maximum atomic E-state index is 12.3. The van der Waals surface area contributed by atoms with Crippen LogP contribution in [-0.2, 0) is 4.79 Å². The van der Waals surface area contributed by atoms with Crippen LogP contribution in [0.15, 0.2) is 11.6 Å².